The quantitative estimate of drug-likeness (QED) is 0.806. The van der Waals surface area contributed by atoms with Gasteiger partial charge in [0.1, 0.15) is 9.90 Å². The lowest BCUT2D eigenvalue weighted by Crippen LogP contribution is -2.19. The molecule has 5 nitrogen and oxygen atoms in total. The van der Waals surface area contributed by atoms with E-state index in [4.69, 9.17) is 5.73 Å². The zero-order valence-corrected chi connectivity index (χ0v) is 12.7. The molecule has 0 aliphatic rings. The van der Waals surface area contributed by atoms with Crippen LogP contribution >= 0.6 is 11.5 Å². The molecule has 0 saturated carbocycles. The summed E-state index contributed by atoms with van der Waals surface area (Å²) in [5.74, 6) is 0.144. The van der Waals surface area contributed by atoms with Crippen molar-refractivity contribution >= 4 is 32.2 Å². The molecule has 104 valence electrons. The number of anilines is 2. The van der Waals surface area contributed by atoms with Crippen LogP contribution in [-0.4, -0.2) is 24.6 Å². The van der Waals surface area contributed by atoms with Crippen LogP contribution in [0.4, 0.5) is 10.8 Å². The predicted molar refractivity (Wildman–Crippen MR) is 76.9 cm³/mol. The molecular formula is C11H21N3O2S2. The van der Waals surface area contributed by atoms with Crippen LogP contribution in [0.25, 0.3) is 0 Å². The molecule has 1 unspecified atom stereocenters. The molecule has 0 radical (unpaired) electrons. The van der Waals surface area contributed by atoms with Crippen molar-refractivity contribution in [3.8, 4) is 0 Å². The number of hydrogen-bond acceptors (Lipinski definition) is 6. The molecule has 1 aromatic heterocycles. The summed E-state index contributed by atoms with van der Waals surface area (Å²) in [6.07, 6.45) is 2.99. The number of nitrogens with one attached hydrogen (secondary N) is 1. The first-order valence-electron chi connectivity index (χ1n) is 6.20. The lowest BCUT2D eigenvalue weighted by atomic mass is 10.1. The third kappa shape index (κ3) is 3.35. The van der Waals surface area contributed by atoms with Crippen LogP contribution in [0.15, 0.2) is 4.90 Å². The largest absolute Gasteiger partial charge is 0.382 e. The van der Waals surface area contributed by atoms with Gasteiger partial charge in [0.2, 0.25) is 0 Å². The van der Waals surface area contributed by atoms with E-state index in [1.165, 1.54) is 0 Å². The highest BCUT2D eigenvalue weighted by molar-refractivity contribution is 7.91. The highest BCUT2D eigenvalue weighted by Crippen LogP contribution is 2.33. The summed E-state index contributed by atoms with van der Waals surface area (Å²) in [4.78, 5) is 0.171. The van der Waals surface area contributed by atoms with Crippen LogP contribution in [0, 0.1) is 0 Å². The molecule has 0 bridgehead atoms. The second kappa shape index (κ2) is 6.38. The Kier molecular flexibility index (Phi) is 5.40. The first-order chi connectivity index (χ1) is 8.46. The fourth-order valence-electron chi connectivity index (χ4n) is 1.74. The fourth-order valence-corrected chi connectivity index (χ4v) is 3.98. The maximum Gasteiger partial charge on any atom is 0.184 e. The van der Waals surface area contributed by atoms with Crippen molar-refractivity contribution in [3.05, 3.63) is 0 Å². The number of rotatable bonds is 7. The van der Waals surface area contributed by atoms with Crippen molar-refractivity contribution < 1.29 is 8.42 Å². The Hall–Kier alpha value is -0.820. The van der Waals surface area contributed by atoms with Crippen LogP contribution in [0.5, 0.6) is 0 Å². The minimum atomic E-state index is -3.32. The van der Waals surface area contributed by atoms with Gasteiger partial charge < -0.3 is 11.1 Å². The minimum absolute atomic E-state index is 0.0366. The molecular weight excluding hydrogens is 270 g/mol. The lowest BCUT2D eigenvalue weighted by Gasteiger charge is -2.16. The lowest BCUT2D eigenvalue weighted by molar-refractivity contribution is 0.596. The molecule has 1 aromatic rings. The normalized spacial score (nSPS) is 13.5. The van der Waals surface area contributed by atoms with Gasteiger partial charge in [0, 0.05) is 6.04 Å². The van der Waals surface area contributed by atoms with Crippen molar-refractivity contribution in [2.24, 2.45) is 0 Å². The Labute approximate surface area is 113 Å². The van der Waals surface area contributed by atoms with Crippen LogP contribution in [0.2, 0.25) is 0 Å². The summed E-state index contributed by atoms with van der Waals surface area (Å²) in [6.45, 7) is 5.79. The van der Waals surface area contributed by atoms with E-state index >= 15 is 0 Å². The highest BCUT2D eigenvalue weighted by Gasteiger charge is 2.24. The number of nitrogens with two attached hydrogens (primary N) is 1. The van der Waals surface area contributed by atoms with Gasteiger partial charge in [-0.2, -0.15) is 4.37 Å². The highest BCUT2D eigenvalue weighted by atomic mass is 32.2. The van der Waals surface area contributed by atoms with Crippen LogP contribution < -0.4 is 11.1 Å². The Morgan fingerprint density at radius 2 is 2.06 bits per heavy atom. The molecule has 0 amide bonds. The van der Waals surface area contributed by atoms with Crippen LogP contribution in [0.3, 0.4) is 0 Å². The van der Waals surface area contributed by atoms with Crippen LogP contribution in [0.1, 0.15) is 40.0 Å². The van der Waals surface area contributed by atoms with E-state index in [2.05, 4.69) is 23.5 Å². The molecule has 0 aliphatic carbocycles. The van der Waals surface area contributed by atoms with Gasteiger partial charge in [0.25, 0.3) is 0 Å². The average molecular weight is 291 g/mol. The van der Waals surface area contributed by atoms with E-state index in [0.29, 0.717) is 5.00 Å². The maximum absolute atomic E-state index is 12.0. The molecule has 0 aromatic carbocycles. The smallest absolute Gasteiger partial charge is 0.184 e. The number of nitrogens with zero attached hydrogens (tertiary/aromatic N) is 1. The zero-order chi connectivity index (χ0) is 13.8. The second-order valence-electron chi connectivity index (χ2n) is 4.17. The molecule has 7 heteroatoms. The van der Waals surface area contributed by atoms with E-state index in [-0.39, 0.29) is 22.5 Å². The topological polar surface area (TPSA) is 85.1 Å². The number of hydrogen-bond donors (Lipinski definition) is 2. The Morgan fingerprint density at radius 1 is 1.39 bits per heavy atom. The predicted octanol–water partition coefficient (Wildman–Crippen LogP) is 2.51. The van der Waals surface area contributed by atoms with Crippen molar-refractivity contribution in [1.82, 2.24) is 4.37 Å². The third-order valence-corrected chi connectivity index (χ3v) is 5.55. The molecule has 0 spiro atoms. The van der Waals surface area contributed by atoms with E-state index in [1.54, 1.807) is 6.92 Å². The molecule has 1 heterocycles. The molecule has 1 atom stereocenters. The summed E-state index contributed by atoms with van der Waals surface area (Å²) < 4.78 is 27.9. The molecule has 3 N–H and O–H groups in total. The summed E-state index contributed by atoms with van der Waals surface area (Å²) in [5.41, 5.74) is 5.67. The van der Waals surface area contributed by atoms with Crippen LogP contribution in [-0.2, 0) is 9.84 Å². The second-order valence-corrected chi connectivity index (χ2v) is 7.16. The summed E-state index contributed by atoms with van der Waals surface area (Å²) in [7, 11) is -3.32. The monoisotopic (exact) mass is 291 g/mol. The van der Waals surface area contributed by atoms with Crippen molar-refractivity contribution in [2.45, 2.75) is 51.0 Å². The number of nitrogen functional groups attached to an aromatic ring is 1. The third-order valence-electron chi connectivity index (χ3n) is 2.83. The first kappa shape index (κ1) is 15.2. The molecule has 0 saturated heterocycles. The van der Waals surface area contributed by atoms with E-state index in [9.17, 15) is 8.42 Å². The van der Waals surface area contributed by atoms with Gasteiger partial charge in [0.05, 0.1) is 5.75 Å². The summed E-state index contributed by atoms with van der Waals surface area (Å²) >= 11 is 1.12. The van der Waals surface area contributed by atoms with E-state index in [0.717, 1.165) is 30.8 Å². The Balaban J connectivity index is 3.04. The number of sulfone groups is 1. The fraction of sp³-hybridized carbons (Fsp3) is 0.727. The van der Waals surface area contributed by atoms with Gasteiger partial charge in [-0.3, -0.25) is 0 Å². The first-order valence-corrected chi connectivity index (χ1v) is 8.63. The van der Waals surface area contributed by atoms with E-state index < -0.39 is 9.84 Å². The van der Waals surface area contributed by atoms with Crippen molar-refractivity contribution in [1.29, 1.82) is 0 Å². The molecule has 0 fully saturated rings. The van der Waals surface area contributed by atoms with Crippen molar-refractivity contribution in [2.75, 3.05) is 16.8 Å². The molecule has 0 aliphatic heterocycles. The summed E-state index contributed by atoms with van der Waals surface area (Å²) in [5, 5.41) is 3.83. The van der Waals surface area contributed by atoms with Gasteiger partial charge in [-0.25, -0.2) is 8.42 Å². The van der Waals surface area contributed by atoms with Gasteiger partial charge in [0.15, 0.2) is 15.7 Å². The van der Waals surface area contributed by atoms with E-state index in [1.807, 2.05) is 0 Å². The SMILES string of the molecule is CCCC(CC)Nc1snc(N)c1S(=O)(=O)CC. The molecule has 18 heavy (non-hydrogen) atoms. The number of aromatic nitrogens is 1. The Morgan fingerprint density at radius 3 is 2.56 bits per heavy atom. The standard InChI is InChI=1S/C11H21N3O2S2/c1-4-7-8(5-2)13-11-9(10(12)14-17-11)18(15,16)6-3/h8,13H,4-7H2,1-3H3,(H2,12,14). The van der Waals surface area contributed by atoms with Crippen molar-refractivity contribution in [3.63, 3.8) is 0 Å². The van der Waals surface area contributed by atoms with Gasteiger partial charge >= 0.3 is 0 Å². The summed E-state index contributed by atoms with van der Waals surface area (Å²) in [6, 6.07) is 0.264. The molecule has 1 rings (SSSR count). The maximum atomic E-state index is 12.0. The minimum Gasteiger partial charge on any atom is -0.382 e. The average Bonchev–Trinajstić information content (AvgIpc) is 2.70. The van der Waals surface area contributed by atoms with Gasteiger partial charge in [-0.1, -0.05) is 27.2 Å². The van der Waals surface area contributed by atoms with Gasteiger partial charge in [-0.15, -0.1) is 0 Å². The zero-order valence-electron chi connectivity index (χ0n) is 11.1. The van der Waals surface area contributed by atoms with Gasteiger partial charge in [-0.05, 0) is 24.4 Å². The Bertz CT molecular complexity index is 482.